The lowest BCUT2D eigenvalue weighted by Crippen LogP contribution is -2.00. The first-order chi connectivity index (χ1) is 14.4. The van der Waals surface area contributed by atoms with Gasteiger partial charge in [0, 0.05) is 10.6 Å². The van der Waals surface area contributed by atoms with Crippen LogP contribution in [-0.2, 0) is 0 Å². The molecule has 0 radical (unpaired) electrons. The lowest BCUT2D eigenvalue weighted by molar-refractivity contribution is 0.104. The van der Waals surface area contributed by atoms with E-state index in [1.807, 2.05) is 12.1 Å². The van der Waals surface area contributed by atoms with E-state index < -0.39 is 0 Å². The van der Waals surface area contributed by atoms with Crippen molar-refractivity contribution in [3.63, 3.8) is 0 Å². The Bertz CT molecular complexity index is 951. The molecule has 0 N–H and O–H groups in total. The number of allylic oxidation sites excluding steroid dienone is 4. The Morgan fingerprint density at radius 3 is 2.53 bits per heavy atom. The molecule has 0 heterocycles. The molecule has 158 valence electrons. The minimum Gasteiger partial charge on any atom is -0.493 e. The highest BCUT2D eigenvalue weighted by atomic mass is 35.5. The number of hydrogen-bond acceptors (Lipinski definition) is 3. The lowest BCUT2D eigenvalue weighted by Gasteiger charge is -2.10. The van der Waals surface area contributed by atoms with E-state index >= 15 is 0 Å². The molecule has 0 saturated heterocycles. The van der Waals surface area contributed by atoms with Crippen molar-refractivity contribution in [2.45, 2.75) is 33.6 Å². The smallest absolute Gasteiger partial charge is 0.185 e. The summed E-state index contributed by atoms with van der Waals surface area (Å²) in [4.78, 5) is 12.5. The summed E-state index contributed by atoms with van der Waals surface area (Å²) in [5.74, 6) is 1.03. The summed E-state index contributed by atoms with van der Waals surface area (Å²) in [6.45, 7) is 6.78. The SMILES string of the molecule is COc1cc(C(=O)/C=C/c2cccc(Cl)c2)ccc1OC/C=C(\C)CCC=C(C)C. The minimum atomic E-state index is -0.116. The molecule has 0 aliphatic carbocycles. The van der Waals surface area contributed by atoms with Gasteiger partial charge in [0.1, 0.15) is 6.61 Å². The van der Waals surface area contributed by atoms with Gasteiger partial charge in [-0.2, -0.15) is 0 Å². The third kappa shape index (κ3) is 7.92. The van der Waals surface area contributed by atoms with E-state index in [-0.39, 0.29) is 5.78 Å². The summed E-state index contributed by atoms with van der Waals surface area (Å²) < 4.78 is 11.3. The maximum absolute atomic E-state index is 12.5. The molecule has 0 aromatic heterocycles. The molecule has 0 atom stereocenters. The van der Waals surface area contributed by atoms with E-state index in [0.29, 0.717) is 28.7 Å². The van der Waals surface area contributed by atoms with Crippen LogP contribution in [0.3, 0.4) is 0 Å². The van der Waals surface area contributed by atoms with Gasteiger partial charge in [-0.15, -0.1) is 0 Å². The first-order valence-electron chi connectivity index (χ1n) is 9.97. The van der Waals surface area contributed by atoms with Gasteiger partial charge in [0.2, 0.25) is 0 Å². The topological polar surface area (TPSA) is 35.5 Å². The Kier molecular flexibility index (Phi) is 9.43. The summed E-state index contributed by atoms with van der Waals surface area (Å²) in [5.41, 5.74) is 4.02. The van der Waals surface area contributed by atoms with Gasteiger partial charge in [0.15, 0.2) is 17.3 Å². The van der Waals surface area contributed by atoms with Crippen LogP contribution in [0, 0.1) is 0 Å². The summed E-state index contributed by atoms with van der Waals surface area (Å²) >= 11 is 5.98. The first kappa shape index (κ1) is 23.5. The molecule has 0 bridgehead atoms. The summed E-state index contributed by atoms with van der Waals surface area (Å²) in [7, 11) is 1.57. The molecule has 3 nitrogen and oxygen atoms in total. The third-order valence-electron chi connectivity index (χ3n) is 4.49. The molecule has 0 fully saturated rings. The van der Waals surface area contributed by atoms with Crippen LogP contribution in [0.2, 0.25) is 5.02 Å². The van der Waals surface area contributed by atoms with Crippen molar-refractivity contribution in [3.05, 3.63) is 88.0 Å². The maximum Gasteiger partial charge on any atom is 0.185 e. The predicted octanol–water partition coefficient (Wildman–Crippen LogP) is 7.32. The van der Waals surface area contributed by atoms with Crippen molar-refractivity contribution in [3.8, 4) is 11.5 Å². The number of hydrogen-bond donors (Lipinski definition) is 0. The van der Waals surface area contributed by atoms with E-state index in [0.717, 1.165) is 18.4 Å². The molecular weight excluding hydrogens is 396 g/mol. The number of methoxy groups -OCH3 is 1. The van der Waals surface area contributed by atoms with Gasteiger partial charge < -0.3 is 9.47 Å². The van der Waals surface area contributed by atoms with Crippen LogP contribution >= 0.6 is 11.6 Å². The molecule has 0 unspecified atom stereocenters. The zero-order valence-electron chi connectivity index (χ0n) is 18.1. The van der Waals surface area contributed by atoms with Gasteiger partial charge in [-0.05, 0) is 81.7 Å². The van der Waals surface area contributed by atoms with Gasteiger partial charge in [-0.1, -0.05) is 47.0 Å². The van der Waals surface area contributed by atoms with E-state index in [4.69, 9.17) is 21.1 Å². The molecule has 2 aromatic rings. The average Bonchev–Trinajstić information content (AvgIpc) is 2.72. The van der Waals surface area contributed by atoms with Crippen LogP contribution in [-0.4, -0.2) is 19.5 Å². The van der Waals surface area contributed by atoms with Gasteiger partial charge in [0.25, 0.3) is 0 Å². The predicted molar refractivity (Wildman–Crippen MR) is 126 cm³/mol. The highest BCUT2D eigenvalue weighted by molar-refractivity contribution is 6.30. The van der Waals surface area contributed by atoms with Crippen LogP contribution in [0.25, 0.3) is 6.08 Å². The minimum absolute atomic E-state index is 0.116. The summed E-state index contributed by atoms with van der Waals surface area (Å²) in [6, 6.07) is 12.6. The molecular formula is C26H29ClO3. The average molecular weight is 425 g/mol. The van der Waals surface area contributed by atoms with Gasteiger partial charge in [0.05, 0.1) is 7.11 Å². The fourth-order valence-electron chi connectivity index (χ4n) is 2.78. The van der Waals surface area contributed by atoms with Crippen LogP contribution < -0.4 is 9.47 Å². The molecule has 0 aliphatic rings. The number of carbonyl (C=O) groups is 1. The van der Waals surface area contributed by atoms with Crippen molar-refractivity contribution in [1.82, 2.24) is 0 Å². The van der Waals surface area contributed by atoms with E-state index in [1.165, 1.54) is 17.2 Å². The van der Waals surface area contributed by atoms with Gasteiger partial charge in [-0.25, -0.2) is 0 Å². The Balaban J connectivity index is 2.00. The Labute approximate surface area is 184 Å². The highest BCUT2D eigenvalue weighted by Gasteiger charge is 2.09. The van der Waals surface area contributed by atoms with E-state index in [1.54, 1.807) is 43.5 Å². The molecule has 0 saturated carbocycles. The van der Waals surface area contributed by atoms with Crippen molar-refractivity contribution < 1.29 is 14.3 Å². The molecule has 0 amide bonds. The fourth-order valence-corrected chi connectivity index (χ4v) is 2.98. The van der Waals surface area contributed by atoms with E-state index in [2.05, 4.69) is 32.9 Å². The van der Waals surface area contributed by atoms with Crippen LogP contribution in [0.5, 0.6) is 11.5 Å². The Hall–Kier alpha value is -2.78. The number of ketones is 1. The normalized spacial score (nSPS) is 11.4. The number of benzene rings is 2. The summed E-state index contributed by atoms with van der Waals surface area (Å²) in [6.07, 6.45) is 9.63. The summed E-state index contributed by atoms with van der Waals surface area (Å²) in [5, 5.41) is 0.633. The van der Waals surface area contributed by atoms with Crippen molar-refractivity contribution >= 4 is 23.5 Å². The number of carbonyl (C=O) groups excluding carboxylic acids is 1. The van der Waals surface area contributed by atoms with Crippen LogP contribution in [0.4, 0.5) is 0 Å². The largest absolute Gasteiger partial charge is 0.493 e. The fraction of sp³-hybridized carbons (Fsp3) is 0.269. The number of rotatable bonds is 10. The van der Waals surface area contributed by atoms with E-state index in [9.17, 15) is 4.79 Å². The Morgan fingerprint density at radius 2 is 1.83 bits per heavy atom. The van der Waals surface area contributed by atoms with Gasteiger partial charge in [-0.3, -0.25) is 4.79 Å². The second-order valence-corrected chi connectivity index (χ2v) is 7.74. The Morgan fingerprint density at radius 1 is 1.03 bits per heavy atom. The number of halogens is 1. The number of ether oxygens (including phenoxy) is 2. The molecule has 2 aromatic carbocycles. The standard InChI is InChI=1S/C26H29ClO3/c1-19(2)7-5-8-20(3)15-16-30-25-14-12-22(18-26(25)29-4)24(28)13-11-21-9-6-10-23(27)17-21/h6-7,9-15,17-18H,5,8,16H2,1-4H3/b13-11+,20-15+. The lowest BCUT2D eigenvalue weighted by atomic mass is 10.1. The van der Waals surface area contributed by atoms with Crippen LogP contribution in [0.1, 0.15) is 49.5 Å². The molecule has 2 rings (SSSR count). The third-order valence-corrected chi connectivity index (χ3v) is 4.72. The van der Waals surface area contributed by atoms with Crippen molar-refractivity contribution in [1.29, 1.82) is 0 Å². The second kappa shape index (κ2) is 12.0. The molecule has 0 aliphatic heterocycles. The highest BCUT2D eigenvalue weighted by Crippen LogP contribution is 2.28. The van der Waals surface area contributed by atoms with Crippen molar-refractivity contribution in [2.24, 2.45) is 0 Å². The van der Waals surface area contributed by atoms with Crippen molar-refractivity contribution in [2.75, 3.05) is 13.7 Å². The monoisotopic (exact) mass is 424 g/mol. The second-order valence-electron chi connectivity index (χ2n) is 7.30. The zero-order valence-corrected chi connectivity index (χ0v) is 18.8. The molecule has 4 heteroatoms. The van der Waals surface area contributed by atoms with Crippen LogP contribution in [0.15, 0.2) is 71.8 Å². The molecule has 30 heavy (non-hydrogen) atoms. The molecule has 0 spiro atoms. The first-order valence-corrected chi connectivity index (χ1v) is 10.3. The zero-order chi connectivity index (χ0) is 21.9. The maximum atomic E-state index is 12.5. The quantitative estimate of drug-likeness (QED) is 0.228. The van der Waals surface area contributed by atoms with Gasteiger partial charge >= 0.3 is 0 Å².